The highest BCUT2D eigenvalue weighted by Gasteiger charge is 2.18. The van der Waals surface area contributed by atoms with Crippen molar-refractivity contribution in [1.82, 2.24) is 0 Å². The van der Waals surface area contributed by atoms with Gasteiger partial charge in [-0.3, -0.25) is 10.1 Å². The van der Waals surface area contributed by atoms with Gasteiger partial charge in [0.1, 0.15) is 0 Å². The SMILES string of the molecule is C=C(C(=O)OCC)[N+](=O)[O-]. The van der Waals surface area contributed by atoms with Crippen LogP contribution < -0.4 is 0 Å². The van der Waals surface area contributed by atoms with Crippen LogP contribution in [-0.2, 0) is 9.53 Å². The van der Waals surface area contributed by atoms with Crippen LogP contribution in [0.1, 0.15) is 6.92 Å². The lowest BCUT2D eigenvalue weighted by Gasteiger charge is -1.95. The molecule has 0 saturated heterocycles. The van der Waals surface area contributed by atoms with Gasteiger partial charge in [0.05, 0.1) is 11.5 Å². The van der Waals surface area contributed by atoms with Crippen molar-refractivity contribution in [3.05, 3.63) is 22.4 Å². The summed E-state index contributed by atoms with van der Waals surface area (Å²) in [6.45, 7) is 4.58. The van der Waals surface area contributed by atoms with Gasteiger partial charge < -0.3 is 4.74 Å². The van der Waals surface area contributed by atoms with E-state index in [4.69, 9.17) is 0 Å². The van der Waals surface area contributed by atoms with E-state index in [2.05, 4.69) is 11.3 Å². The molecule has 0 fully saturated rings. The van der Waals surface area contributed by atoms with Crippen molar-refractivity contribution in [1.29, 1.82) is 0 Å². The number of carbonyl (C=O) groups excluding carboxylic acids is 1. The summed E-state index contributed by atoms with van der Waals surface area (Å²) in [7, 11) is 0. The van der Waals surface area contributed by atoms with Crippen molar-refractivity contribution >= 4 is 5.97 Å². The monoisotopic (exact) mass is 145 g/mol. The Labute approximate surface area is 57.4 Å². The summed E-state index contributed by atoms with van der Waals surface area (Å²) in [6, 6.07) is 0. The number of rotatable bonds is 3. The Balaban J connectivity index is 3.96. The topological polar surface area (TPSA) is 69.4 Å². The maximum absolute atomic E-state index is 10.4. The Kier molecular flexibility index (Phi) is 3.10. The zero-order valence-corrected chi connectivity index (χ0v) is 5.49. The van der Waals surface area contributed by atoms with Crippen molar-refractivity contribution in [2.24, 2.45) is 0 Å². The Morgan fingerprint density at radius 1 is 1.80 bits per heavy atom. The third kappa shape index (κ3) is 2.25. The minimum Gasteiger partial charge on any atom is -0.458 e. The van der Waals surface area contributed by atoms with Crippen molar-refractivity contribution in [2.45, 2.75) is 6.92 Å². The van der Waals surface area contributed by atoms with Crippen molar-refractivity contribution in [3.63, 3.8) is 0 Å². The molecule has 10 heavy (non-hydrogen) atoms. The molecule has 0 N–H and O–H groups in total. The molecule has 56 valence electrons. The van der Waals surface area contributed by atoms with Gasteiger partial charge in [0.2, 0.25) is 0 Å². The molecule has 0 rings (SSSR count). The summed E-state index contributed by atoms with van der Waals surface area (Å²) in [4.78, 5) is 19.4. The molecule has 5 heteroatoms. The molecule has 0 unspecified atom stereocenters. The van der Waals surface area contributed by atoms with Gasteiger partial charge in [-0.25, -0.2) is 4.79 Å². The van der Waals surface area contributed by atoms with Crippen LogP contribution in [0.2, 0.25) is 0 Å². The van der Waals surface area contributed by atoms with E-state index in [0.717, 1.165) is 0 Å². The minimum atomic E-state index is -0.979. The Bertz CT molecular complexity index is 174. The lowest BCUT2D eigenvalue weighted by atomic mass is 10.5. The molecule has 0 atom stereocenters. The summed E-state index contributed by atoms with van der Waals surface area (Å²) in [5.74, 6) is -0.979. The van der Waals surface area contributed by atoms with E-state index < -0.39 is 16.6 Å². The minimum absolute atomic E-state index is 0.117. The number of nitro groups is 1. The average Bonchev–Trinajstić information content (AvgIpc) is 1.87. The molecule has 0 heterocycles. The van der Waals surface area contributed by atoms with Gasteiger partial charge in [-0.05, 0) is 13.5 Å². The maximum Gasteiger partial charge on any atom is 0.409 e. The molecule has 0 aromatic heterocycles. The highest BCUT2D eigenvalue weighted by atomic mass is 16.6. The standard InChI is InChI=1S/C5H7NO4/c1-3-10-5(7)4(2)6(8)9/h2-3H2,1H3. The predicted octanol–water partition coefficient (Wildman–Crippen LogP) is 0.340. The van der Waals surface area contributed by atoms with E-state index in [-0.39, 0.29) is 6.61 Å². The zero-order valence-electron chi connectivity index (χ0n) is 5.49. The Morgan fingerprint density at radius 3 is 2.60 bits per heavy atom. The molecular formula is C5H7NO4. The van der Waals surface area contributed by atoms with Gasteiger partial charge in [0.25, 0.3) is 0 Å². The largest absolute Gasteiger partial charge is 0.458 e. The fourth-order valence-electron chi connectivity index (χ4n) is 0.289. The second kappa shape index (κ2) is 3.60. The molecule has 5 nitrogen and oxygen atoms in total. The summed E-state index contributed by atoms with van der Waals surface area (Å²) in [5.41, 5.74) is -0.734. The van der Waals surface area contributed by atoms with Crippen LogP contribution in [0.15, 0.2) is 12.3 Å². The third-order valence-electron chi connectivity index (χ3n) is 0.731. The first-order valence-corrected chi connectivity index (χ1v) is 2.60. The first-order valence-electron chi connectivity index (χ1n) is 2.60. The molecule has 0 aromatic carbocycles. The van der Waals surface area contributed by atoms with Crippen molar-refractivity contribution in [2.75, 3.05) is 6.61 Å². The molecule has 0 aliphatic rings. The molecule has 0 aliphatic heterocycles. The summed E-state index contributed by atoms with van der Waals surface area (Å²) in [5, 5.41) is 9.82. The number of ether oxygens (including phenoxy) is 1. The lowest BCUT2D eigenvalue weighted by Crippen LogP contribution is -2.13. The molecule has 0 spiro atoms. The van der Waals surface area contributed by atoms with E-state index in [1.54, 1.807) is 6.92 Å². The van der Waals surface area contributed by atoms with Crippen molar-refractivity contribution in [3.8, 4) is 0 Å². The van der Waals surface area contributed by atoms with E-state index in [1.807, 2.05) is 0 Å². The summed E-state index contributed by atoms with van der Waals surface area (Å²) < 4.78 is 4.28. The first-order chi connectivity index (χ1) is 4.59. The Hall–Kier alpha value is -1.39. The molecule has 0 bridgehead atoms. The fraction of sp³-hybridized carbons (Fsp3) is 0.400. The second-order valence-electron chi connectivity index (χ2n) is 1.42. The van der Waals surface area contributed by atoms with E-state index in [1.165, 1.54) is 0 Å². The molecule has 0 aromatic rings. The second-order valence-corrected chi connectivity index (χ2v) is 1.42. The highest BCUT2D eigenvalue weighted by Crippen LogP contribution is 1.93. The number of hydrogen-bond acceptors (Lipinski definition) is 4. The number of esters is 1. The van der Waals surface area contributed by atoms with Crippen LogP contribution in [0, 0.1) is 10.1 Å². The first kappa shape index (κ1) is 8.61. The van der Waals surface area contributed by atoms with E-state index in [0.29, 0.717) is 0 Å². The van der Waals surface area contributed by atoms with E-state index in [9.17, 15) is 14.9 Å². The van der Waals surface area contributed by atoms with Gasteiger partial charge in [-0.1, -0.05) is 0 Å². The normalized spacial score (nSPS) is 8.50. The van der Waals surface area contributed by atoms with Gasteiger partial charge in [-0.2, -0.15) is 0 Å². The smallest absolute Gasteiger partial charge is 0.409 e. The molecular weight excluding hydrogens is 138 g/mol. The maximum atomic E-state index is 10.4. The molecule has 0 amide bonds. The van der Waals surface area contributed by atoms with Crippen LogP contribution in [0.5, 0.6) is 0 Å². The van der Waals surface area contributed by atoms with Crippen LogP contribution in [0.25, 0.3) is 0 Å². The molecule has 0 aliphatic carbocycles. The number of carbonyl (C=O) groups is 1. The number of hydrogen-bond donors (Lipinski definition) is 0. The third-order valence-corrected chi connectivity index (χ3v) is 0.731. The summed E-state index contributed by atoms with van der Waals surface area (Å²) >= 11 is 0. The molecule has 0 saturated carbocycles. The average molecular weight is 145 g/mol. The van der Waals surface area contributed by atoms with Gasteiger partial charge in [0, 0.05) is 0 Å². The van der Waals surface area contributed by atoms with Crippen LogP contribution in [-0.4, -0.2) is 17.5 Å². The predicted molar refractivity (Wildman–Crippen MR) is 32.8 cm³/mol. The lowest BCUT2D eigenvalue weighted by molar-refractivity contribution is -0.420. The zero-order chi connectivity index (χ0) is 8.15. The van der Waals surface area contributed by atoms with Crippen LogP contribution in [0.3, 0.4) is 0 Å². The fourth-order valence-corrected chi connectivity index (χ4v) is 0.289. The van der Waals surface area contributed by atoms with Crippen LogP contribution >= 0.6 is 0 Å². The highest BCUT2D eigenvalue weighted by molar-refractivity contribution is 5.84. The van der Waals surface area contributed by atoms with Crippen LogP contribution in [0.4, 0.5) is 0 Å². The van der Waals surface area contributed by atoms with Gasteiger partial charge >= 0.3 is 11.7 Å². The quantitative estimate of drug-likeness (QED) is 0.248. The number of nitrogens with zero attached hydrogens (tertiary/aromatic N) is 1. The van der Waals surface area contributed by atoms with E-state index >= 15 is 0 Å². The van der Waals surface area contributed by atoms with Gasteiger partial charge in [-0.15, -0.1) is 0 Å². The van der Waals surface area contributed by atoms with Gasteiger partial charge in [0.15, 0.2) is 0 Å². The summed E-state index contributed by atoms with van der Waals surface area (Å²) in [6.07, 6.45) is 0. The molecule has 0 radical (unpaired) electrons. The Morgan fingerprint density at radius 2 is 2.30 bits per heavy atom. The van der Waals surface area contributed by atoms with Crippen molar-refractivity contribution < 1.29 is 14.5 Å².